The lowest BCUT2D eigenvalue weighted by Gasteiger charge is -2.39. The molecule has 1 amide bonds. The van der Waals surface area contributed by atoms with Gasteiger partial charge in [-0.05, 0) is 45.7 Å². The fraction of sp³-hybridized carbons (Fsp3) is 0.516. The van der Waals surface area contributed by atoms with Crippen LogP contribution in [0.2, 0.25) is 0 Å². The van der Waals surface area contributed by atoms with E-state index in [1.807, 2.05) is 12.1 Å². The lowest BCUT2D eigenvalue weighted by atomic mass is 9.71. The summed E-state index contributed by atoms with van der Waals surface area (Å²) in [5, 5.41) is 14.8. The molecule has 0 radical (unpaired) electrons. The topological polar surface area (TPSA) is 138 Å². The van der Waals surface area contributed by atoms with Crippen LogP contribution in [0.1, 0.15) is 61.3 Å². The molecule has 2 saturated heterocycles. The molecule has 6 rings (SSSR count). The Balaban J connectivity index is 1.32. The van der Waals surface area contributed by atoms with Crippen molar-refractivity contribution in [3.8, 4) is 23.5 Å². The molecule has 2 fully saturated rings. The Labute approximate surface area is 260 Å². The number of anilines is 2. The maximum Gasteiger partial charge on any atom is 0.281 e. The fourth-order valence-electron chi connectivity index (χ4n) is 6.72. The van der Waals surface area contributed by atoms with Crippen LogP contribution in [0.25, 0.3) is 11.5 Å². The van der Waals surface area contributed by atoms with Gasteiger partial charge in [-0.1, -0.05) is 11.7 Å². The zero-order valence-electron chi connectivity index (χ0n) is 25.3. The van der Waals surface area contributed by atoms with E-state index in [2.05, 4.69) is 48.5 Å². The van der Waals surface area contributed by atoms with Gasteiger partial charge in [-0.25, -0.2) is 9.37 Å². The van der Waals surface area contributed by atoms with Crippen LogP contribution in [0.4, 0.5) is 15.2 Å². The second kappa shape index (κ2) is 11.8. The van der Waals surface area contributed by atoms with Crippen LogP contribution in [0.5, 0.6) is 5.88 Å². The third-order valence-corrected chi connectivity index (χ3v) is 10.2. The maximum absolute atomic E-state index is 13.4. The van der Waals surface area contributed by atoms with Crippen LogP contribution in [-0.4, -0.2) is 82.7 Å². The lowest BCUT2D eigenvalue weighted by molar-refractivity contribution is -0.130. The van der Waals surface area contributed by atoms with Gasteiger partial charge in [-0.3, -0.25) is 4.79 Å². The number of piperidine rings is 1. The molecule has 0 spiro atoms. The predicted molar refractivity (Wildman–Crippen MR) is 165 cm³/mol. The lowest BCUT2D eigenvalue weighted by Crippen LogP contribution is -2.50. The zero-order chi connectivity index (χ0) is 31.2. The van der Waals surface area contributed by atoms with Gasteiger partial charge in [0.15, 0.2) is 17.3 Å². The zero-order valence-corrected chi connectivity index (χ0v) is 26.1. The van der Waals surface area contributed by atoms with Crippen molar-refractivity contribution in [3.05, 3.63) is 46.3 Å². The molecule has 3 aromatic rings. The van der Waals surface area contributed by atoms with E-state index in [4.69, 9.17) is 25.0 Å². The summed E-state index contributed by atoms with van der Waals surface area (Å²) in [4.78, 5) is 28.8. The summed E-state index contributed by atoms with van der Waals surface area (Å²) in [6.45, 7) is 10.7. The van der Waals surface area contributed by atoms with Gasteiger partial charge in [0.1, 0.15) is 28.8 Å². The monoisotopic (exact) mass is 620 g/mol. The Bertz CT molecular complexity index is 1620. The second-order valence-electron chi connectivity index (χ2n) is 12.2. The number of likely N-dealkylation sites (N-methyl/N-ethyl adjacent to an activating group) is 1. The Kier molecular flexibility index (Phi) is 8.06. The number of nitrogens with zero attached hydrogens (tertiary/aromatic N) is 7. The number of likely N-dealkylation sites (tertiary alicyclic amines) is 1. The van der Waals surface area contributed by atoms with E-state index in [-0.39, 0.29) is 12.1 Å². The minimum absolute atomic E-state index is 0.201. The average molecular weight is 621 g/mol. The molecule has 2 aliphatic heterocycles. The molecular weight excluding hydrogens is 583 g/mol. The number of nitrogens with two attached hydrogens (primary N) is 1. The van der Waals surface area contributed by atoms with Crippen molar-refractivity contribution < 1.29 is 18.4 Å². The number of halogens is 1. The van der Waals surface area contributed by atoms with Crippen molar-refractivity contribution >= 4 is 28.1 Å². The van der Waals surface area contributed by atoms with Crippen molar-refractivity contribution in [1.29, 1.82) is 5.26 Å². The Morgan fingerprint density at radius 2 is 2.05 bits per heavy atom. The second-order valence-corrected chi connectivity index (χ2v) is 13.4. The largest absolute Gasteiger partial charge is 0.474 e. The molecule has 13 heteroatoms. The molecule has 2 N–H and O–H groups in total. The molecule has 5 heterocycles. The normalized spacial score (nSPS) is 22.8. The van der Waals surface area contributed by atoms with Crippen LogP contribution < -0.4 is 15.4 Å². The van der Waals surface area contributed by atoms with Gasteiger partial charge < -0.3 is 29.7 Å². The number of hydrogen-bond donors (Lipinski definition) is 1. The highest BCUT2D eigenvalue weighted by Crippen LogP contribution is 2.49. The average Bonchev–Trinajstić information content (AvgIpc) is 3.63. The van der Waals surface area contributed by atoms with E-state index >= 15 is 0 Å². The highest BCUT2D eigenvalue weighted by Gasteiger charge is 2.42. The van der Waals surface area contributed by atoms with Crippen molar-refractivity contribution in [2.45, 2.75) is 63.5 Å². The summed E-state index contributed by atoms with van der Waals surface area (Å²) in [6.07, 6.45) is 3.50. The van der Waals surface area contributed by atoms with Gasteiger partial charge in [-0.15, -0.1) is 11.3 Å². The SMILES string of the molecule is C=C(F)C(=O)N1CCC(Oc2cc(N3CCN(C)C[C@@H]3C)nc(-c3cc(C4(C)CCCc5sc(N)c(C#N)c54)on3)n2)CC1. The van der Waals surface area contributed by atoms with Crippen LogP contribution in [0, 0.1) is 11.3 Å². The van der Waals surface area contributed by atoms with Crippen LogP contribution in [0.3, 0.4) is 0 Å². The smallest absolute Gasteiger partial charge is 0.281 e. The number of aromatic nitrogens is 3. The molecule has 44 heavy (non-hydrogen) atoms. The van der Waals surface area contributed by atoms with Crippen LogP contribution >= 0.6 is 11.3 Å². The van der Waals surface area contributed by atoms with Gasteiger partial charge in [0.25, 0.3) is 5.91 Å². The summed E-state index contributed by atoms with van der Waals surface area (Å²) < 4.78 is 25.7. The van der Waals surface area contributed by atoms with E-state index in [9.17, 15) is 14.4 Å². The molecule has 0 saturated carbocycles. The number of hydrogen-bond acceptors (Lipinski definition) is 11. The third-order valence-electron chi connectivity index (χ3n) is 9.10. The summed E-state index contributed by atoms with van der Waals surface area (Å²) in [5.74, 6) is 0.534. The number of rotatable bonds is 6. The molecule has 1 aliphatic carbocycles. The van der Waals surface area contributed by atoms with Gasteiger partial charge in [-0.2, -0.15) is 10.2 Å². The summed E-state index contributed by atoms with van der Waals surface area (Å²) in [6, 6.07) is 6.25. The number of ether oxygens (including phenoxy) is 1. The number of piperazine rings is 1. The van der Waals surface area contributed by atoms with Crippen molar-refractivity contribution in [3.63, 3.8) is 0 Å². The number of nitrogen functional groups attached to an aromatic ring is 1. The molecule has 3 aliphatic rings. The molecule has 11 nitrogen and oxygen atoms in total. The summed E-state index contributed by atoms with van der Waals surface area (Å²) >= 11 is 1.48. The molecular formula is C31H37FN8O3S. The number of aryl methyl sites for hydroxylation is 1. The first-order chi connectivity index (χ1) is 21.1. The molecule has 2 atom stereocenters. The minimum atomic E-state index is -0.952. The fourth-order valence-corrected chi connectivity index (χ4v) is 7.91. The molecule has 0 aromatic carbocycles. The Hall–Kier alpha value is -4.02. The van der Waals surface area contributed by atoms with Crippen LogP contribution in [-0.2, 0) is 16.6 Å². The van der Waals surface area contributed by atoms with Crippen molar-refractivity contribution in [2.75, 3.05) is 50.4 Å². The molecule has 232 valence electrons. The number of thiophene rings is 1. The highest BCUT2D eigenvalue weighted by atomic mass is 32.1. The quantitative estimate of drug-likeness (QED) is 0.398. The number of carbonyl (C=O) groups excluding carboxylic acids is 1. The standard InChI is InChI=1S/C31H37FN8O3S/c1-18-17-38(4)12-13-40(18)25-15-26(42-20-7-10-39(11-8-20)30(41)19(2)32)36-29(35-25)22-14-24(43-37-22)31(3)9-5-6-23-27(31)21(16-33)28(34)44-23/h14-15,18,20H,2,5-13,17,34H2,1,3-4H3/t18-,31?/m0/s1. The first kappa shape index (κ1) is 30.0. The molecule has 1 unspecified atom stereocenters. The third kappa shape index (κ3) is 5.52. The van der Waals surface area contributed by atoms with Gasteiger partial charge in [0.2, 0.25) is 5.88 Å². The van der Waals surface area contributed by atoms with E-state index in [0.717, 1.165) is 55.2 Å². The first-order valence-electron chi connectivity index (χ1n) is 15.0. The Morgan fingerprint density at radius 3 is 2.75 bits per heavy atom. The van der Waals surface area contributed by atoms with Gasteiger partial charge in [0.05, 0.1) is 11.0 Å². The van der Waals surface area contributed by atoms with E-state index < -0.39 is 17.1 Å². The van der Waals surface area contributed by atoms with E-state index in [1.165, 1.54) is 16.2 Å². The Morgan fingerprint density at radius 1 is 1.27 bits per heavy atom. The molecule has 3 aromatic heterocycles. The number of fused-ring (bicyclic) bond motifs is 1. The van der Waals surface area contributed by atoms with Crippen LogP contribution in [0.15, 0.2) is 29.1 Å². The highest BCUT2D eigenvalue weighted by molar-refractivity contribution is 7.16. The number of amides is 1. The molecule has 0 bridgehead atoms. The van der Waals surface area contributed by atoms with E-state index in [1.54, 1.807) is 0 Å². The van der Waals surface area contributed by atoms with Gasteiger partial charge in [0, 0.05) is 68.6 Å². The summed E-state index contributed by atoms with van der Waals surface area (Å²) in [7, 11) is 2.11. The van der Waals surface area contributed by atoms with Gasteiger partial charge >= 0.3 is 0 Å². The predicted octanol–water partition coefficient (Wildman–Crippen LogP) is 4.28. The first-order valence-corrected chi connectivity index (χ1v) is 15.8. The van der Waals surface area contributed by atoms with Crippen molar-refractivity contribution in [1.82, 2.24) is 24.9 Å². The summed E-state index contributed by atoms with van der Waals surface area (Å²) in [5.41, 5.74) is 7.60. The number of carbonyl (C=O) groups is 1. The van der Waals surface area contributed by atoms with Crippen molar-refractivity contribution in [2.24, 2.45) is 0 Å². The number of nitriles is 1. The minimum Gasteiger partial charge on any atom is -0.474 e. The maximum atomic E-state index is 13.4. The van der Waals surface area contributed by atoms with E-state index in [0.29, 0.717) is 59.7 Å².